The first kappa shape index (κ1) is 7.25. The van der Waals surface area contributed by atoms with Crippen molar-refractivity contribution in [2.24, 2.45) is 5.92 Å². The minimum Gasteiger partial charge on any atom is -0.345 e. The number of carbonyl (C=O) groups is 2. The molecule has 1 atom stereocenters. The van der Waals surface area contributed by atoms with Gasteiger partial charge in [0.15, 0.2) is 0 Å². The Hall–Kier alpha value is -0.860. The van der Waals surface area contributed by atoms with Crippen LogP contribution < -0.4 is 0 Å². The van der Waals surface area contributed by atoms with E-state index in [1.165, 1.54) is 0 Å². The second-order valence-electron chi connectivity index (χ2n) is 2.64. The number of aldehydes is 1. The lowest BCUT2D eigenvalue weighted by Gasteiger charge is -2.25. The van der Waals surface area contributed by atoms with E-state index < -0.39 is 0 Å². The van der Waals surface area contributed by atoms with E-state index in [-0.39, 0.29) is 11.8 Å². The normalized spacial score (nSPS) is 26.7. The molecule has 0 unspecified atom stereocenters. The summed E-state index contributed by atoms with van der Waals surface area (Å²) in [7, 11) is 1.73. The van der Waals surface area contributed by atoms with Crippen molar-refractivity contribution in [1.29, 1.82) is 0 Å². The maximum Gasteiger partial charge on any atom is 0.232 e. The van der Waals surface area contributed by atoms with Crippen molar-refractivity contribution in [3.8, 4) is 0 Å². The van der Waals surface area contributed by atoms with Crippen molar-refractivity contribution in [1.82, 2.24) is 4.90 Å². The molecule has 0 N–H and O–H groups in total. The van der Waals surface area contributed by atoms with Crippen LogP contribution in [0.1, 0.15) is 12.8 Å². The third-order valence-corrected chi connectivity index (χ3v) is 1.87. The topological polar surface area (TPSA) is 37.4 Å². The molecule has 0 saturated carbocycles. The van der Waals surface area contributed by atoms with Gasteiger partial charge in [-0.2, -0.15) is 0 Å². The predicted octanol–water partition coefficient (Wildman–Crippen LogP) is 0.0537. The molecule has 0 aliphatic carbocycles. The zero-order valence-electron chi connectivity index (χ0n) is 6.04. The summed E-state index contributed by atoms with van der Waals surface area (Å²) < 4.78 is 0. The summed E-state index contributed by atoms with van der Waals surface area (Å²) in [6.07, 6.45) is 2.43. The lowest BCUT2D eigenvalue weighted by molar-refractivity contribution is -0.139. The molecule has 0 bridgehead atoms. The van der Waals surface area contributed by atoms with Gasteiger partial charge in [0.2, 0.25) is 5.91 Å². The van der Waals surface area contributed by atoms with E-state index in [1.807, 2.05) is 0 Å². The van der Waals surface area contributed by atoms with E-state index in [9.17, 15) is 9.59 Å². The van der Waals surface area contributed by atoms with Gasteiger partial charge in [0.1, 0.15) is 6.29 Å². The standard InChI is InChI=1S/C7H11NO2/c1-8-4-2-3-6(5-9)7(8)10/h5-6H,2-4H2,1H3/t6-/m0/s1. The lowest BCUT2D eigenvalue weighted by Crippen LogP contribution is -2.38. The number of carbonyl (C=O) groups excluding carboxylic acids is 2. The molecule has 10 heavy (non-hydrogen) atoms. The highest BCUT2D eigenvalue weighted by atomic mass is 16.2. The molecule has 1 aliphatic heterocycles. The highest BCUT2D eigenvalue weighted by Crippen LogP contribution is 2.13. The van der Waals surface area contributed by atoms with E-state index in [0.717, 1.165) is 25.7 Å². The molecule has 1 heterocycles. The van der Waals surface area contributed by atoms with E-state index in [2.05, 4.69) is 0 Å². The second kappa shape index (κ2) is 2.82. The van der Waals surface area contributed by atoms with Crippen LogP contribution in [0, 0.1) is 5.92 Å². The van der Waals surface area contributed by atoms with Gasteiger partial charge in [-0.25, -0.2) is 0 Å². The monoisotopic (exact) mass is 141 g/mol. The Morgan fingerprint density at radius 1 is 1.70 bits per heavy atom. The summed E-state index contributed by atoms with van der Waals surface area (Å²) >= 11 is 0. The number of hydrogen-bond acceptors (Lipinski definition) is 2. The molecule has 1 aliphatic rings. The van der Waals surface area contributed by atoms with Crippen LogP contribution in [0.2, 0.25) is 0 Å². The molecule has 1 saturated heterocycles. The van der Waals surface area contributed by atoms with Crippen LogP contribution >= 0.6 is 0 Å². The van der Waals surface area contributed by atoms with Crippen LogP contribution in [0.25, 0.3) is 0 Å². The number of piperidine rings is 1. The van der Waals surface area contributed by atoms with E-state index >= 15 is 0 Å². The Labute approximate surface area is 60.0 Å². The zero-order chi connectivity index (χ0) is 7.56. The third-order valence-electron chi connectivity index (χ3n) is 1.87. The van der Waals surface area contributed by atoms with Crippen molar-refractivity contribution in [2.75, 3.05) is 13.6 Å². The van der Waals surface area contributed by atoms with Crippen LogP contribution in [0.4, 0.5) is 0 Å². The fraction of sp³-hybridized carbons (Fsp3) is 0.714. The van der Waals surface area contributed by atoms with E-state index in [0.29, 0.717) is 0 Å². The first-order valence-electron chi connectivity index (χ1n) is 3.46. The van der Waals surface area contributed by atoms with Crippen LogP contribution in [-0.2, 0) is 9.59 Å². The molecule has 1 fully saturated rings. The van der Waals surface area contributed by atoms with Gasteiger partial charge < -0.3 is 9.69 Å². The average Bonchev–Trinajstić information content (AvgIpc) is 1.95. The molecule has 0 aromatic heterocycles. The Kier molecular flexibility index (Phi) is 2.04. The Bertz CT molecular complexity index is 156. The summed E-state index contributed by atoms with van der Waals surface area (Å²) in [5.41, 5.74) is 0. The first-order chi connectivity index (χ1) is 4.75. The number of hydrogen-bond donors (Lipinski definition) is 0. The molecule has 0 spiro atoms. The largest absolute Gasteiger partial charge is 0.345 e. The Morgan fingerprint density at radius 2 is 2.40 bits per heavy atom. The number of rotatable bonds is 1. The molecule has 3 nitrogen and oxygen atoms in total. The summed E-state index contributed by atoms with van der Waals surface area (Å²) in [6, 6.07) is 0. The second-order valence-corrected chi connectivity index (χ2v) is 2.64. The quantitative estimate of drug-likeness (QED) is 0.382. The first-order valence-corrected chi connectivity index (χ1v) is 3.46. The minimum atomic E-state index is -0.362. The molecule has 3 heteroatoms. The summed E-state index contributed by atoms with van der Waals surface area (Å²) in [5, 5.41) is 0. The predicted molar refractivity (Wildman–Crippen MR) is 36.4 cm³/mol. The summed E-state index contributed by atoms with van der Waals surface area (Å²) in [6.45, 7) is 0.795. The molecule has 0 aromatic rings. The molecule has 1 amide bonds. The van der Waals surface area contributed by atoms with Crippen LogP contribution in [0.15, 0.2) is 0 Å². The Balaban J connectivity index is 2.59. The maximum absolute atomic E-state index is 11.1. The van der Waals surface area contributed by atoms with Gasteiger partial charge in [-0.05, 0) is 12.8 Å². The van der Waals surface area contributed by atoms with Crippen LogP contribution in [0.5, 0.6) is 0 Å². The highest BCUT2D eigenvalue weighted by Gasteiger charge is 2.25. The summed E-state index contributed by atoms with van der Waals surface area (Å²) in [5.74, 6) is -0.389. The van der Waals surface area contributed by atoms with Gasteiger partial charge in [0.05, 0.1) is 5.92 Å². The SMILES string of the molecule is CN1CCC[C@@H](C=O)C1=O. The van der Waals surface area contributed by atoms with Gasteiger partial charge in [0, 0.05) is 13.6 Å². The molecule has 1 rings (SSSR count). The fourth-order valence-corrected chi connectivity index (χ4v) is 1.19. The fourth-order valence-electron chi connectivity index (χ4n) is 1.19. The van der Waals surface area contributed by atoms with Gasteiger partial charge in [0.25, 0.3) is 0 Å². The zero-order valence-corrected chi connectivity index (χ0v) is 6.04. The maximum atomic E-state index is 11.1. The number of nitrogens with zero attached hydrogens (tertiary/aromatic N) is 1. The van der Waals surface area contributed by atoms with Crippen LogP contribution in [0.3, 0.4) is 0 Å². The minimum absolute atomic E-state index is 0.0266. The molecular weight excluding hydrogens is 130 g/mol. The molecule has 56 valence electrons. The summed E-state index contributed by atoms with van der Waals surface area (Å²) in [4.78, 5) is 22.9. The highest BCUT2D eigenvalue weighted by molar-refractivity contribution is 5.91. The third kappa shape index (κ3) is 1.17. The van der Waals surface area contributed by atoms with Crippen molar-refractivity contribution in [3.05, 3.63) is 0 Å². The van der Waals surface area contributed by atoms with Gasteiger partial charge in [-0.1, -0.05) is 0 Å². The number of likely N-dealkylation sites (tertiary alicyclic amines) is 1. The lowest BCUT2D eigenvalue weighted by atomic mass is 9.99. The Morgan fingerprint density at radius 3 is 2.90 bits per heavy atom. The van der Waals surface area contributed by atoms with E-state index in [1.54, 1.807) is 11.9 Å². The van der Waals surface area contributed by atoms with Crippen molar-refractivity contribution < 1.29 is 9.59 Å². The van der Waals surface area contributed by atoms with Gasteiger partial charge >= 0.3 is 0 Å². The van der Waals surface area contributed by atoms with E-state index in [4.69, 9.17) is 0 Å². The van der Waals surface area contributed by atoms with Crippen molar-refractivity contribution >= 4 is 12.2 Å². The van der Waals surface area contributed by atoms with Crippen molar-refractivity contribution in [3.63, 3.8) is 0 Å². The van der Waals surface area contributed by atoms with Crippen LogP contribution in [-0.4, -0.2) is 30.7 Å². The average molecular weight is 141 g/mol. The molecule has 0 aromatic carbocycles. The molecular formula is C7H11NO2. The van der Waals surface area contributed by atoms with Crippen molar-refractivity contribution in [2.45, 2.75) is 12.8 Å². The molecule has 0 radical (unpaired) electrons. The van der Waals surface area contributed by atoms with Gasteiger partial charge in [-0.15, -0.1) is 0 Å². The van der Waals surface area contributed by atoms with Gasteiger partial charge in [-0.3, -0.25) is 4.79 Å². The smallest absolute Gasteiger partial charge is 0.232 e. The number of amides is 1.